The highest BCUT2D eigenvalue weighted by atomic mass is 35.5. The van der Waals surface area contributed by atoms with Gasteiger partial charge in [-0.2, -0.15) is 0 Å². The van der Waals surface area contributed by atoms with E-state index in [0.717, 1.165) is 22.4 Å². The predicted molar refractivity (Wildman–Crippen MR) is 83.2 cm³/mol. The molecule has 0 fully saturated rings. The number of halogens is 1. The Labute approximate surface area is 124 Å². The van der Waals surface area contributed by atoms with E-state index >= 15 is 0 Å². The highest BCUT2D eigenvalue weighted by molar-refractivity contribution is 7.90. The minimum absolute atomic E-state index is 0.193. The molecule has 1 aromatic heterocycles. The summed E-state index contributed by atoms with van der Waals surface area (Å²) in [5.41, 5.74) is 3.16. The predicted octanol–water partition coefficient (Wildman–Crippen LogP) is 2.56. The summed E-state index contributed by atoms with van der Waals surface area (Å²) < 4.78 is 24.6. The first-order valence-corrected chi connectivity index (χ1v) is 9.19. The molecular formula is C14H19ClN2O2S. The molecule has 0 saturated heterocycles. The second-order valence-electron chi connectivity index (χ2n) is 5.09. The van der Waals surface area contributed by atoms with E-state index in [9.17, 15) is 8.42 Å². The third-order valence-electron chi connectivity index (χ3n) is 3.20. The minimum atomic E-state index is -2.92. The fourth-order valence-electron chi connectivity index (χ4n) is 2.30. The molecule has 6 heteroatoms. The van der Waals surface area contributed by atoms with Crippen LogP contribution < -0.4 is 0 Å². The van der Waals surface area contributed by atoms with Gasteiger partial charge >= 0.3 is 0 Å². The third kappa shape index (κ3) is 3.73. The number of hydrogen-bond donors (Lipinski definition) is 0. The summed E-state index contributed by atoms with van der Waals surface area (Å²) >= 11 is 5.82. The van der Waals surface area contributed by atoms with E-state index in [-0.39, 0.29) is 5.75 Å². The summed E-state index contributed by atoms with van der Waals surface area (Å²) in [6.07, 6.45) is 2.55. The quantitative estimate of drug-likeness (QED) is 0.770. The van der Waals surface area contributed by atoms with E-state index in [2.05, 4.69) is 9.55 Å². The fourth-order valence-corrected chi connectivity index (χ4v) is 3.12. The van der Waals surface area contributed by atoms with Crippen molar-refractivity contribution in [2.24, 2.45) is 0 Å². The molecule has 2 aromatic rings. The van der Waals surface area contributed by atoms with Crippen LogP contribution in [0, 0.1) is 6.92 Å². The number of benzene rings is 1. The lowest BCUT2D eigenvalue weighted by atomic mass is 10.2. The second kappa shape index (κ2) is 6.14. The van der Waals surface area contributed by atoms with Crippen LogP contribution in [-0.4, -0.2) is 35.9 Å². The van der Waals surface area contributed by atoms with Crippen molar-refractivity contribution < 1.29 is 8.42 Å². The Balaban J connectivity index is 2.31. The fraction of sp³-hybridized carbons (Fsp3) is 0.500. The Morgan fingerprint density at radius 2 is 2.10 bits per heavy atom. The van der Waals surface area contributed by atoms with Crippen molar-refractivity contribution in [2.45, 2.75) is 26.3 Å². The summed E-state index contributed by atoms with van der Waals surface area (Å²) in [4.78, 5) is 4.61. The number of nitrogens with zero attached hydrogens (tertiary/aromatic N) is 2. The van der Waals surface area contributed by atoms with Crippen molar-refractivity contribution in [1.82, 2.24) is 9.55 Å². The monoisotopic (exact) mass is 314 g/mol. The number of imidazole rings is 1. The van der Waals surface area contributed by atoms with Crippen LogP contribution in [0.25, 0.3) is 11.0 Å². The number of sulfone groups is 1. The molecule has 2 rings (SSSR count). The van der Waals surface area contributed by atoms with E-state index in [1.165, 1.54) is 6.26 Å². The molecule has 0 aliphatic heterocycles. The molecule has 0 N–H and O–H groups in total. The molecule has 0 unspecified atom stereocenters. The number of aromatic nitrogens is 2. The molecule has 0 aliphatic rings. The molecule has 20 heavy (non-hydrogen) atoms. The van der Waals surface area contributed by atoms with E-state index in [1.54, 1.807) is 0 Å². The first kappa shape index (κ1) is 15.3. The molecule has 0 amide bonds. The first-order chi connectivity index (χ1) is 9.40. The molecule has 0 bridgehead atoms. The van der Waals surface area contributed by atoms with Crippen molar-refractivity contribution in [3.05, 3.63) is 29.6 Å². The molecule has 1 heterocycles. The number of hydrogen-bond acceptors (Lipinski definition) is 3. The maximum absolute atomic E-state index is 11.2. The van der Waals surface area contributed by atoms with Gasteiger partial charge in [0.05, 0.1) is 16.8 Å². The Morgan fingerprint density at radius 3 is 2.75 bits per heavy atom. The molecule has 4 nitrogen and oxygen atoms in total. The topological polar surface area (TPSA) is 52.0 Å². The average Bonchev–Trinajstić information content (AvgIpc) is 2.65. The van der Waals surface area contributed by atoms with Crippen LogP contribution in [0.2, 0.25) is 0 Å². The molecule has 1 aromatic carbocycles. The van der Waals surface area contributed by atoms with Gasteiger partial charge in [0.15, 0.2) is 0 Å². The third-order valence-corrected chi connectivity index (χ3v) is 4.42. The van der Waals surface area contributed by atoms with Gasteiger partial charge in [0.2, 0.25) is 0 Å². The van der Waals surface area contributed by atoms with E-state index in [1.807, 2.05) is 25.1 Å². The van der Waals surface area contributed by atoms with Gasteiger partial charge in [-0.15, -0.1) is 11.6 Å². The smallest absolute Gasteiger partial charge is 0.147 e. The summed E-state index contributed by atoms with van der Waals surface area (Å²) in [5.74, 6) is 1.63. The van der Waals surface area contributed by atoms with Crippen molar-refractivity contribution >= 4 is 32.5 Å². The number of alkyl halides is 1. The number of rotatable bonds is 6. The zero-order valence-corrected chi connectivity index (χ0v) is 13.3. The molecular weight excluding hydrogens is 296 g/mol. The maximum atomic E-state index is 11.2. The molecule has 0 spiro atoms. The van der Waals surface area contributed by atoms with Crippen molar-refractivity contribution in [3.63, 3.8) is 0 Å². The Hall–Kier alpha value is -1.07. The van der Waals surface area contributed by atoms with Crippen LogP contribution in [0.15, 0.2) is 18.2 Å². The van der Waals surface area contributed by atoms with Crippen LogP contribution >= 0.6 is 11.6 Å². The van der Waals surface area contributed by atoms with E-state index in [4.69, 9.17) is 11.6 Å². The normalized spacial score (nSPS) is 12.2. The van der Waals surface area contributed by atoms with Gasteiger partial charge < -0.3 is 4.57 Å². The van der Waals surface area contributed by atoms with Gasteiger partial charge in [0, 0.05) is 25.1 Å². The van der Waals surface area contributed by atoms with E-state index < -0.39 is 9.84 Å². The zero-order chi connectivity index (χ0) is 14.8. The second-order valence-corrected chi connectivity index (χ2v) is 7.73. The van der Waals surface area contributed by atoms with Gasteiger partial charge in [-0.25, -0.2) is 13.4 Å². The Morgan fingerprint density at radius 1 is 1.35 bits per heavy atom. The first-order valence-electron chi connectivity index (χ1n) is 6.60. The standard InChI is InChI=1S/C14H19ClN2O2S/c1-11-4-5-13-12(10-11)16-14(6-7-15)17(13)8-3-9-20(2,18)19/h4-5,10H,3,6-9H2,1-2H3. The van der Waals surface area contributed by atoms with Crippen LogP contribution in [0.4, 0.5) is 0 Å². The zero-order valence-electron chi connectivity index (χ0n) is 11.8. The summed E-state index contributed by atoms with van der Waals surface area (Å²) in [7, 11) is -2.92. The minimum Gasteiger partial charge on any atom is -0.328 e. The average molecular weight is 315 g/mol. The molecule has 110 valence electrons. The largest absolute Gasteiger partial charge is 0.328 e. The van der Waals surface area contributed by atoms with Crippen LogP contribution in [0.1, 0.15) is 17.8 Å². The highest BCUT2D eigenvalue weighted by Crippen LogP contribution is 2.19. The SMILES string of the molecule is Cc1ccc2c(c1)nc(CCCl)n2CCCS(C)(=O)=O. The number of aryl methyl sites for hydroxylation is 3. The van der Waals surface area contributed by atoms with Gasteiger partial charge in [0.25, 0.3) is 0 Å². The summed E-state index contributed by atoms with van der Waals surface area (Å²) in [5, 5.41) is 0. The maximum Gasteiger partial charge on any atom is 0.147 e. The van der Waals surface area contributed by atoms with Gasteiger partial charge in [-0.3, -0.25) is 0 Å². The lowest BCUT2D eigenvalue weighted by molar-refractivity contribution is 0.590. The van der Waals surface area contributed by atoms with E-state index in [0.29, 0.717) is 25.3 Å². The lowest BCUT2D eigenvalue weighted by Crippen LogP contribution is -2.10. The van der Waals surface area contributed by atoms with Crippen molar-refractivity contribution in [2.75, 3.05) is 17.9 Å². The van der Waals surface area contributed by atoms with Gasteiger partial charge in [-0.1, -0.05) is 6.07 Å². The van der Waals surface area contributed by atoms with Gasteiger partial charge in [0.1, 0.15) is 15.7 Å². The van der Waals surface area contributed by atoms with Gasteiger partial charge in [-0.05, 0) is 31.0 Å². The summed E-state index contributed by atoms with van der Waals surface area (Å²) in [6, 6.07) is 6.12. The molecule has 0 saturated carbocycles. The Kier molecular flexibility index (Phi) is 4.70. The number of fused-ring (bicyclic) bond motifs is 1. The summed E-state index contributed by atoms with van der Waals surface area (Å²) in [6.45, 7) is 2.68. The Bertz CT molecular complexity index is 707. The molecule has 0 aliphatic carbocycles. The molecule has 0 atom stereocenters. The van der Waals surface area contributed by atoms with Crippen LogP contribution in [0.5, 0.6) is 0 Å². The molecule has 0 radical (unpaired) electrons. The van der Waals surface area contributed by atoms with Crippen molar-refractivity contribution in [1.29, 1.82) is 0 Å². The van der Waals surface area contributed by atoms with Crippen molar-refractivity contribution in [3.8, 4) is 0 Å². The lowest BCUT2D eigenvalue weighted by Gasteiger charge is -2.08. The van der Waals surface area contributed by atoms with Crippen LogP contribution in [-0.2, 0) is 22.8 Å². The van der Waals surface area contributed by atoms with Crippen LogP contribution in [0.3, 0.4) is 0 Å². The highest BCUT2D eigenvalue weighted by Gasteiger charge is 2.11.